The van der Waals surface area contributed by atoms with Crippen LogP contribution in [-0.2, 0) is 5.41 Å². The first-order valence-electron chi connectivity index (χ1n) is 18.5. The number of rotatable bonds is 4. The van der Waals surface area contributed by atoms with Crippen molar-refractivity contribution in [2.75, 3.05) is 0 Å². The molecule has 2 nitrogen and oxygen atoms in total. The van der Waals surface area contributed by atoms with Gasteiger partial charge in [-0.1, -0.05) is 141 Å². The molecule has 53 heavy (non-hydrogen) atoms. The van der Waals surface area contributed by atoms with Gasteiger partial charge in [0.05, 0.1) is 22.1 Å². The largest absolute Gasteiger partial charge is 0.309 e. The van der Waals surface area contributed by atoms with Gasteiger partial charge in [-0.15, -0.1) is 0 Å². The predicted octanol–water partition coefficient (Wildman–Crippen LogP) is 13.5. The Morgan fingerprint density at radius 3 is 1.64 bits per heavy atom. The summed E-state index contributed by atoms with van der Waals surface area (Å²) in [6.45, 7) is 4.71. The van der Waals surface area contributed by atoms with Crippen LogP contribution in [0.5, 0.6) is 0 Å². The van der Waals surface area contributed by atoms with Crippen molar-refractivity contribution in [2.24, 2.45) is 0 Å². The Morgan fingerprint density at radius 2 is 0.849 bits per heavy atom. The molecule has 0 amide bonds. The van der Waals surface area contributed by atoms with Crippen LogP contribution >= 0.6 is 0 Å². The van der Waals surface area contributed by atoms with Gasteiger partial charge in [-0.05, 0) is 99.1 Å². The molecule has 0 radical (unpaired) electrons. The minimum Gasteiger partial charge on any atom is -0.309 e. The molecule has 1 aliphatic carbocycles. The molecule has 2 heteroatoms. The summed E-state index contributed by atoms with van der Waals surface area (Å²) < 4.78 is 4.87. The van der Waals surface area contributed by atoms with E-state index in [9.17, 15) is 0 Å². The smallest absolute Gasteiger partial charge is 0.0547 e. The van der Waals surface area contributed by atoms with E-state index in [-0.39, 0.29) is 5.41 Å². The average Bonchev–Trinajstić information content (AvgIpc) is 3.81. The van der Waals surface area contributed by atoms with Crippen LogP contribution in [-0.4, -0.2) is 9.13 Å². The predicted molar refractivity (Wildman–Crippen MR) is 224 cm³/mol. The van der Waals surface area contributed by atoms with Crippen LogP contribution in [0.4, 0.5) is 0 Å². The maximum atomic E-state index is 2.45. The van der Waals surface area contributed by atoms with Crippen molar-refractivity contribution in [3.8, 4) is 44.8 Å². The molecule has 0 spiro atoms. The molecule has 0 atom stereocenters. The number of hydrogen-bond donors (Lipinski definition) is 0. The van der Waals surface area contributed by atoms with Gasteiger partial charge >= 0.3 is 0 Å². The number of benzene rings is 8. The normalized spacial score (nSPS) is 13.2. The van der Waals surface area contributed by atoms with E-state index in [1.807, 2.05) is 0 Å². The summed E-state index contributed by atoms with van der Waals surface area (Å²) in [6, 6.07) is 67.1. The van der Waals surface area contributed by atoms with Crippen LogP contribution in [0.25, 0.3) is 88.4 Å². The minimum absolute atomic E-state index is 0.0566. The first-order valence-corrected chi connectivity index (χ1v) is 18.5. The molecule has 0 unspecified atom stereocenters. The van der Waals surface area contributed by atoms with E-state index >= 15 is 0 Å². The molecule has 1 aliphatic rings. The highest BCUT2D eigenvalue weighted by Crippen LogP contribution is 2.49. The molecule has 10 aromatic rings. The molecule has 2 aromatic heterocycles. The van der Waals surface area contributed by atoms with Crippen molar-refractivity contribution >= 4 is 43.6 Å². The fourth-order valence-corrected chi connectivity index (χ4v) is 9.12. The fourth-order valence-electron chi connectivity index (χ4n) is 9.12. The maximum Gasteiger partial charge on any atom is 0.0547 e. The van der Waals surface area contributed by atoms with Crippen LogP contribution < -0.4 is 0 Å². The Balaban J connectivity index is 1.06. The van der Waals surface area contributed by atoms with Crippen molar-refractivity contribution < 1.29 is 0 Å². The van der Waals surface area contributed by atoms with E-state index in [0.29, 0.717) is 0 Å². The van der Waals surface area contributed by atoms with Crippen LogP contribution in [0.2, 0.25) is 0 Å². The Labute approximate surface area is 308 Å². The standard InChI is InChI=1S/C51H36N2/c1-51(2)45-17-9-6-14-39(45)40-28-26-38(32-46(40)51)53-48-19-11-8-16-42(48)44-30-35(23-29-49(44)53)36-22-27-43-41-15-7-10-18-47(41)52(50(43)31-36)37-24-20-34(21-25-37)33-12-4-3-5-13-33/h3-32H,1-2H3. The number of fused-ring (bicyclic) bond motifs is 9. The molecular weight excluding hydrogens is 641 g/mol. The van der Waals surface area contributed by atoms with Gasteiger partial charge < -0.3 is 9.13 Å². The summed E-state index contributed by atoms with van der Waals surface area (Å²) in [5.74, 6) is 0. The molecule has 0 aliphatic heterocycles. The highest BCUT2D eigenvalue weighted by molar-refractivity contribution is 6.12. The average molecular weight is 677 g/mol. The number of aromatic nitrogens is 2. The Bertz CT molecular complexity index is 3060. The Kier molecular flexibility index (Phi) is 6.33. The summed E-state index contributed by atoms with van der Waals surface area (Å²) in [7, 11) is 0. The van der Waals surface area contributed by atoms with Crippen molar-refractivity contribution in [1.29, 1.82) is 0 Å². The van der Waals surface area contributed by atoms with E-state index in [1.165, 1.54) is 93.8 Å². The van der Waals surface area contributed by atoms with Crippen LogP contribution in [0.15, 0.2) is 182 Å². The molecule has 0 saturated heterocycles. The minimum atomic E-state index is -0.0566. The molecule has 0 fully saturated rings. The second-order valence-corrected chi connectivity index (χ2v) is 15.0. The number of nitrogens with zero attached hydrogens (tertiary/aromatic N) is 2. The quantitative estimate of drug-likeness (QED) is 0.176. The molecular formula is C51H36N2. The third-order valence-corrected chi connectivity index (χ3v) is 11.7. The zero-order chi connectivity index (χ0) is 35.3. The van der Waals surface area contributed by atoms with Crippen molar-refractivity contribution in [1.82, 2.24) is 9.13 Å². The lowest BCUT2D eigenvalue weighted by Crippen LogP contribution is -2.15. The fraction of sp³-hybridized carbons (Fsp3) is 0.0588. The van der Waals surface area contributed by atoms with E-state index < -0.39 is 0 Å². The summed E-state index contributed by atoms with van der Waals surface area (Å²) in [5.41, 5.74) is 17.5. The topological polar surface area (TPSA) is 9.86 Å². The van der Waals surface area contributed by atoms with Gasteiger partial charge in [-0.25, -0.2) is 0 Å². The van der Waals surface area contributed by atoms with Gasteiger partial charge in [0.15, 0.2) is 0 Å². The second-order valence-electron chi connectivity index (χ2n) is 15.0. The van der Waals surface area contributed by atoms with Gasteiger partial charge in [0.25, 0.3) is 0 Å². The monoisotopic (exact) mass is 676 g/mol. The molecule has 0 bridgehead atoms. The first-order chi connectivity index (χ1) is 26.0. The van der Waals surface area contributed by atoms with E-state index in [2.05, 4.69) is 205 Å². The lowest BCUT2D eigenvalue weighted by atomic mass is 9.82. The lowest BCUT2D eigenvalue weighted by Gasteiger charge is -2.22. The molecule has 8 aromatic carbocycles. The van der Waals surface area contributed by atoms with E-state index in [4.69, 9.17) is 0 Å². The molecule has 250 valence electrons. The van der Waals surface area contributed by atoms with Crippen molar-refractivity contribution in [3.63, 3.8) is 0 Å². The van der Waals surface area contributed by atoms with Gasteiger partial charge in [-0.3, -0.25) is 0 Å². The highest BCUT2D eigenvalue weighted by atomic mass is 15.0. The third-order valence-electron chi connectivity index (χ3n) is 11.7. The Morgan fingerprint density at radius 1 is 0.321 bits per heavy atom. The van der Waals surface area contributed by atoms with Gasteiger partial charge in [-0.2, -0.15) is 0 Å². The molecule has 2 heterocycles. The molecule has 0 N–H and O–H groups in total. The Hall–Kier alpha value is -6.64. The highest BCUT2D eigenvalue weighted by Gasteiger charge is 2.35. The van der Waals surface area contributed by atoms with Crippen molar-refractivity contribution in [2.45, 2.75) is 19.3 Å². The van der Waals surface area contributed by atoms with E-state index in [0.717, 1.165) is 5.69 Å². The first kappa shape index (κ1) is 30.0. The summed E-state index contributed by atoms with van der Waals surface area (Å²) >= 11 is 0. The zero-order valence-corrected chi connectivity index (χ0v) is 29.7. The number of para-hydroxylation sites is 2. The van der Waals surface area contributed by atoms with Crippen LogP contribution in [0.1, 0.15) is 25.0 Å². The second kappa shape index (κ2) is 11.2. The summed E-state index contributed by atoms with van der Waals surface area (Å²) in [4.78, 5) is 0. The number of hydrogen-bond acceptors (Lipinski definition) is 0. The lowest BCUT2D eigenvalue weighted by molar-refractivity contribution is 0.660. The van der Waals surface area contributed by atoms with Crippen LogP contribution in [0.3, 0.4) is 0 Å². The van der Waals surface area contributed by atoms with E-state index in [1.54, 1.807) is 0 Å². The SMILES string of the molecule is CC1(C)c2ccccc2-c2ccc(-n3c4ccccc4c4cc(-c5ccc6c7ccccc7n(-c7ccc(-c8ccccc8)cc7)c6c5)ccc43)cc21. The van der Waals surface area contributed by atoms with Gasteiger partial charge in [0.1, 0.15) is 0 Å². The summed E-state index contributed by atoms with van der Waals surface area (Å²) in [5, 5.41) is 5.05. The van der Waals surface area contributed by atoms with Gasteiger partial charge in [0, 0.05) is 38.3 Å². The van der Waals surface area contributed by atoms with Gasteiger partial charge in [0.2, 0.25) is 0 Å². The van der Waals surface area contributed by atoms with Crippen molar-refractivity contribution in [3.05, 3.63) is 193 Å². The maximum absolute atomic E-state index is 2.45. The zero-order valence-electron chi connectivity index (χ0n) is 29.7. The summed E-state index contributed by atoms with van der Waals surface area (Å²) in [6.07, 6.45) is 0. The molecule has 0 saturated carbocycles. The van der Waals surface area contributed by atoms with Crippen LogP contribution in [0, 0.1) is 0 Å². The third kappa shape index (κ3) is 4.39. The molecule has 11 rings (SSSR count).